The third kappa shape index (κ3) is 8.42. The summed E-state index contributed by atoms with van der Waals surface area (Å²) in [4.78, 5) is 0. The van der Waals surface area contributed by atoms with Gasteiger partial charge in [-0.25, -0.2) is 87.8 Å². The van der Waals surface area contributed by atoms with Crippen molar-refractivity contribution in [3.05, 3.63) is 236 Å². The Morgan fingerprint density at radius 1 is 0.264 bits per heavy atom. The van der Waals surface area contributed by atoms with Gasteiger partial charge in [-0.15, -0.1) is 21.9 Å². The third-order valence-corrected chi connectivity index (χ3v) is 15.2. The minimum Gasteiger partial charge on any atom is -0.334 e. The zero-order valence-corrected chi connectivity index (χ0v) is 37.3. The van der Waals surface area contributed by atoms with Gasteiger partial charge in [-0.3, -0.25) is 0 Å². The van der Waals surface area contributed by atoms with E-state index in [1.165, 1.54) is 15.9 Å². The Morgan fingerprint density at radius 3 is 0.667 bits per heavy atom. The van der Waals surface area contributed by atoms with Gasteiger partial charge in [0.25, 0.3) is 7.49 Å². The Kier molecular flexibility index (Phi) is 15.0. The Balaban J connectivity index is 0.000000238. The molecule has 24 heteroatoms. The maximum Gasteiger partial charge on any atom is 0.287 e. The van der Waals surface area contributed by atoms with Gasteiger partial charge in [0.15, 0.2) is 75.6 Å². The van der Waals surface area contributed by atoms with Crippen LogP contribution >= 0.6 is 23.4 Å². The van der Waals surface area contributed by atoms with Crippen LogP contribution in [0.25, 0.3) is 0 Å². The van der Waals surface area contributed by atoms with E-state index >= 15 is 35.1 Å². The first-order valence-corrected chi connectivity index (χ1v) is 22.2. The average molecular weight is 1110 g/mol. The summed E-state index contributed by atoms with van der Waals surface area (Å²) in [5.41, 5.74) is -14.3. The van der Waals surface area contributed by atoms with Crippen molar-refractivity contribution < 1.29 is 92.3 Å². The van der Waals surface area contributed by atoms with Crippen LogP contribution in [-0.4, -0.2) is 6.15 Å². The van der Waals surface area contributed by atoms with Crippen LogP contribution in [0.4, 0.5) is 87.8 Å². The summed E-state index contributed by atoms with van der Waals surface area (Å²) >= 11 is 3.51. The average Bonchev–Trinajstić information content (AvgIpc) is 3.39. The van der Waals surface area contributed by atoms with E-state index in [0.717, 1.165) is 10.2 Å². The maximum atomic E-state index is 15.4. The van der Waals surface area contributed by atoms with Crippen LogP contribution in [-0.2, 0) is 0 Å². The van der Waals surface area contributed by atoms with Gasteiger partial charge in [-0.2, -0.15) is 0 Å². The highest BCUT2D eigenvalue weighted by atomic mass is 79.9. The van der Waals surface area contributed by atoms with Crippen molar-refractivity contribution in [3.63, 3.8) is 0 Å². The number of halogens is 21. The molecule has 8 rings (SSSR count). The van der Waals surface area contributed by atoms with Crippen LogP contribution in [0.5, 0.6) is 5.75 Å². The molecule has 0 atom stereocenters. The van der Waals surface area contributed by atoms with Crippen molar-refractivity contribution in [2.45, 2.75) is 0 Å². The predicted molar refractivity (Wildman–Crippen MR) is 229 cm³/mol. The second-order valence-electron chi connectivity index (χ2n) is 15.0. The Hall–Kier alpha value is -6.87. The number of rotatable bonds is 9. The molecule has 72 heavy (non-hydrogen) atoms. The summed E-state index contributed by atoms with van der Waals surface area (Å²) in [6.45, 7) is 0. The van der Waals surface area contributed by atoms with E-state index in [4.69, 9.17) is 4.52 Å². The second kappa shape index (κ2) is 20.3. The monoisotopic (exact) mass is 1110 g/mol. The lowest BCUT2D eigenvalue weighted by atomic mass is 9.12. The van der Waals surface area contributed by atoms with Crippen LogP contribution in [0.3, 0.4) is 0 Å². The van der Waals surface area contributed by atoms with Crippen LogP contribution in [0, 0.1) is 116 Å². The van der Waals surface area contributed by atoms with E-state index < -0.39 is 152 Å². The lowest BCUT2D eigenvalue weighted by molar-refractivity contribution is 0.378. The van der Waals surface area contributed by atoms with Crippen LogP contribution in [0.15, 0.2) is 120 Å². The molecule has 8 aromatic carbocycles. The SMILES string of the molecule is Brc1ccc(O[P+](c2ccccc2)(c2ccccc2)c2ccccc2)cc1.Fc1c(F)c(F)c([B-](c2c(F)c(F)c(F)c(F)c2F)(c2c(F)c(F)c(F)c(F)c2F)c2c(F)c(F)c(F)c(F)c2F)c(F)c1F. The Bertz CT molecular complexity index is 2910. The minimum absolute atomic E-state index is 0.864. The molecule has 0 aliphatic rings. The zero-order chi connectivity index (χ0) is 52.9. The molecule has 8 aromatic rings. The minimum atomic E-state index is -7.22. The van der Waals surface area contributed by atoms with E-state index in [9.17, 15) is 52.7 Å². The Morgan fingerprint density at radius 2 is 0.458 bits per heavy atom. The molecule has 0 heterocycles. The third-order valence-electron chi connectivity index (χ3n) is 11.1. The summed E-state index contributed by atoms with van der Waals surface area (Å²) in [5.74, 6) is -70.5. The quantitative estimate of drug-likeness (QED) is 0.0460. The first-order valence-electron chi connectivity index (χ1n) is 19.7. The van der Waals surface area contributed by atoms with E-state index in [-0.39, 0.29) is 0 Å². The molecule has 0 amide bonds. The lowest BCUT2D eigenvalue weighted by Gasteiger charge is -2.44. The topological polar surface area (TPSA) is 9.23 Å². The molecule has 0 bridgehead atoms. The van der Waals surface area contributed by atoms with Crippen molar-refractivity contribution in [2.75, 3.05) is 0 Å². The van der Waals surface area contributed by atoms with Gasteiger partial charge in [0.1, 0.15) is 68.6 Å². The molecule has 0 saturated carbocycles. The largest absolute Gasteiger partial charge is 0.334 e. The van der Waals surface area contributed by atoms with Crippen LogP contribution < -0.4 is 42.3 Å². The summed E-state index contributed by atoms with van der Waals surface area (Å²) in [5, 5.41) is 3.60. The normalized spacial score (nSPS) is 11.7. The van der Waals surface area contributed by atoms with Crippen molar-refractivity contribution >= 4 is 67.3 Å². The molecule has 0 radical (unpaired) electrons. The fraction of sp³-hybridized carbons (Fsp3) is 0. The molecule has 0 aromatic heterocycles. The summed E-state index contributed by atoms with van der Waals surface area (Å²) in [7, 11) is -2.31. The zero-order valence-electron chi connectivity index (χ0n) is 34.8. The summed E-state index contributed by atoms with van der Waals surface area (Å²) < 4.78 is 302. The van der Waals surface area contributed by atoms with Crippen LogP contribution in [0.2, 0.25) is 0 Å². The standard InChI is InChI=1S/C24BF20.C24H19BrOP/c26-5-1(6(27)14(35)21(42)13(5)34)25(2-7(28)15(36)22(43)16(37)8(2)29,3-9(30)17(38)23(44)18(39)10(3)31)4-11(32)19(40)24(45)20(41)12(4)33;25-20-16-18-21(19-17-20)26-27(22-10-4-1-5-11-22,23-12-6-2-7-13-23)24-14-8-3-9-15-24/h;1-19H/q-1;+1. The van der Waals surface area contributed by atoms with E-state index in [0.29, 0.717) is 0 Å². The number of hydrogen-bond donors (Lipinski definition) is 0. The molecule has 0 saturated heterocycles. The van der Waals surface area contributed by atoms with Crippen molar-refractivity contribution in [1.29, 1.82) is 0 Å². The smallest absolute Gasteiger partial charge is 0.287 e. The summed E-state index contributed by atoms with van der Waals surface area (Å²) in [6.07, 6.45) is -7.22. The fourth-order valence-electron chi connectivity index (χ4n) is 8.05. The van der Waals surface area contributed by atoms with Gasteiger partial charge < -0.3 is 4.52 Å². The molecule has 1 nitrogen and oxygen atoms in total. The highest BCUT2D eigenvalue weighted by molar-refractivity contribution is 9.10. The van der Waals surface area contributed by atoms with Gasteiger partial charge in [-0.1, -0.05) is 70.5 Å². The highest BCUT2D eigenvalue weighted by Crippen LogP contribution is 2.56. The van der Waals surface area contributed by atoms with Crippen molar-refractivity contribution in [3.8, 4) is 5.75 Å². The van der Waals surface area contributed by atoms with Gasteiger partial charge in [0.2, 0.25) is 0 Å². The maximum absolute atomic E-state index is 15.4. The van der Waals surface area contributed by atoms with E-state index in [1.807, 2.05) is 42.5 Å². The summed E-state index contributed by atoms with van der Waals surface area (Å²) in [6, 6.07) is 39.8. The number of hydrogen-bond acceptors (Lipinski definition) is 1. The first-order chi connectivity index (χ1) is 34.0. The molecule has 0 spiro atoms. The Labute approximate surface area is 400 Å². The van der Waals surface area contributed by atoms with E-state index in [1.54, 1.807) is 0 Å². The lowest BCUT2D eigenvalue weighted by Crippen LogP contribution is -2.81. The molecule has 0 aliphatic carbocycles. The molecular weight excluding hydrogens is 1090 g/mol. The van der Waals surface area contributed by atoms with Gasteiger partial charge >= 0.3 is 0 Å². The second-order valence-corrected chi connectivity index (χ2v) is 18.8. The molecular formula is C48H19BBrF20OP. The van der Waals surface area contributed by atoms with Crippen LogP contribution in [0.1, 0.15) is 0 Å². The predicted octanol–water partition coefficient (Wildman–Crippen LogP) is 11.6. The molecule has 0 unspecified atom stereocenters. The van der Waals surface area contributed by atoms with E-state index in [2.05, 4.69) is 88.7 Å². The molecule has 0 N–H and O–H groups in total. The first kappa shape index (κ1) is 52.9. The van der Waals surface area contributed by atoms with Gasteiger partial charge in [-0.05, 0) is 60.7 Å². The van der Waals surface area contributed by atoms with Crippen molar-refractivity contribution in [2.24, 2.45) is 0 Å². The highest BCUT2D eigenvalue weighted by Gasteiger charge is 2.53. The molecule has 372 valence electrons. The molecule has 0 fully saturated rings. The van der Waals surface area contributed by atoms with Crippen molar-refractivity contribution in [1.82, 2.24) is 0 Å². The van der Waals surface area contributed by atoms with Gasteiger partial charge in [0.05, 0.1) is 0 Å². The molecule has 0 aliphatic heterocycles. The number of benzene rings is 8. The fourth-order valence-corrected chi connectivity index (χ4v) is 11.7. The van der Waals surface area contributed by atoms with Gasteiger partial charge in [0, 0.05) is 4.47 Å².